The maximum Gasteiger partial charge on any atom is 0.308 e. The Labute approximate surface area is 168 Å². The Kier molecular flexibility index (Phi) is 4.84. The standard InChI is InChI=1S/C22H21NO6/c1-11(24)27-16-8-15-6-7-23-18-9-14-4-5-19(28-12(2)25)22(29-13(3)26)21(14)17(10-16)20(15)18/h4-5,8,10,18,23H,6-7,9H2,1-3H3. The summed E-state index contributed by atoms with van der Waals surface area (Å²) < 4.78 is 16.2. The molecule has 7 nitrogen and oxygen atoms in total. The van der Waals surface area contributed by atoms with Gasteiger partial charge < -0.3 is 19.5 Å². The molecule has 0 bridgehead atoms. The van der Waals surface area contributed by atoms with E-state index in [9.17, 15) is 14.4 Å². The van der Waals surface area contributed by atoms with Gasteiger partial charge in [-0.15, -0.1) is 0 Å². The lowest BCUT2D eigenvalue weighted by Crippen LogP contribution is -2.34. The van der Waals surface area contributed by atoms with Crippen LogP contribution in [0.1, 0.15) is 43.5 Å². The number of carbonyl (C=O) groups excluding carboxylic acids is 3. The van der Waals surface area contributed by atoms with Gasteiger partial charge in [0.1, 0.15) is 5.75 Å². The highest BCUT2D eigenvalue weighted by molar-refractivity contribution is 5.87. The Morgan fingerprint density at radius 1 is 0.931 bits per heavy atom. The summed E-state index contributed by atoms with van der Waals surface area (Å²) >= 11 is 0. The van der Waals surface area contributed by atoms with Crippen LogP contribution in [0, 0.1) is 0 Å². The molecule has 2 aromatic rings. The molecular weight excluding hydrogens is 374 g/mol. The second-order valence-electron chi connectivity index (χ2n) is 7.21. The third-order valence-corrected chi connectivity index (χ3v) is 5.04. The van der Waals surface area contributed by atoms with E-state index in [-0.39, 0.29) is 17.5 Å². The average molecular weight is 395 g/mol. The molecule has 0 radical (unpaired) electrons. The minimum atomic E-state index is -0.517. The summed E-state index contributed by atoms with van der Waals surface area (Å²) in [5.74, 6) is -0.614. The first-order valence-corrected chi connectivity index (χ1v) is 9.45. The molecule has 1 unspecified atom stereocenters. The molecule has 1 aliphatic heterocycles. The van der Waals surface area contributed by atoms with E-state index >= 15 is 0 Å². The van der Waals surface area contributed by atoms with Crippen LogP contribution in [0.2, 0.25) is 0 Å². The van der Waals surface area contributed by atoms with E-state index in [1.807, 2.05) is 12.1 Å². The van der Waals surface area contributed by atoms with Gasteiger partial charge in [0.15, 0.2) is 11.5 Å². The van der Waals surface area contributed by atoms with E-state index in [0.29, 0.717) is 17.7 Å². The lowest BCUT2D eigenvalue weighted by atomic mass is 9.77. The van der Waals surface area contributed by atoms with Crippen LogP contribution in [0.3, 0.4) is 0 Å². The molecule has 29 heavy (non-hydrogen) atoms. The van der Waals surface area contributed by atoms with Crippen molar-refractivity contribution >= 4 is 17.9 Å². The first kappa shape index (κ1) is 19.1. The zero-order valence-corrected chi connectivity index (χ0v) is 16.5. The van der Waals surface area contributed by atoms with Gasteiger partial charge in [-0.3, -0.25) is 14.4 Å². The van der Waals surface area contributed by atoms with Gasteiger partial charge in [-0.1, -0.05) is 6.07 Å². The highest BCUT2D eigenvalue weighted by Gasteiger charge is 2.34. The van der Waals surface area contributed by atoms with Crippen LogP contribution in [-0.4, -0.2) is 24.5 Å². The van der Waals surface area contributed by atoms with Crippen LogP contribution in [0.25, 0.3) is 11.1 Å². The fourth-order valence-corrected chi connectivity index (χ4v) is 4.16. The second kappa shape index (κ2) is 7.33. The summed E-state index contributed by atoms with van der Waals surface area (Å²) in [5.41, 5.74) is 4.62. The number of ether oxygens (including phenoxy) is 3. The maximum atomic E-state index is 11.8. The zero-order chi connectivity index (χ0) is 20.7. The molecule has 150 valence electrons. The predicted molar refractivity (Wildman–Crippen MR) is 104 cm³/mol. The lowest BCUT2D eigenvalue weighted by molar-refractivity contribution is -0.134. The maximum absolute atomic E-state index is 11.8. The molecule has 2 aliphatic rings. The number of benzene rings is 2. The van der Waals surface area contributed by atoms with Crippen molar-refractivity contribution in [3.05, 3.63) is 41.0 Å². The van der Waals surface area contributed by atoms with Gasteiger partial charge in [-0.25, -0.2) is 0 Å². The minimum absolute atomic E-state index is 0.109. The third-order valence-electron chi connectivity index (χ3n) is 5.04. The number of rotatable bonds is 3. The molecular formula is C22H21NO6. The zero-order valence-electron chi connectivity index (χ0n) is 16.5. The Balaban J connectivity index is 1.98. The van der Waals surface area contributed by atoms with Gasteiger partial charge in [0.2, 0.25) is 0 Å². The smallest absolute Gasteiger partial charge is 0.308 e. The summed E-state index contributed by atoms with van der Waals surface area (Å²) in [6, 6.07) is 7.29. The van der Waals surface area contributed by atoms with Crippen molar-refractivity contribution in [2.24, 2.45) is 0 Å². The van der Waals surface area contributed by atoms with Gasteiger partial charge in [0.05, 0.1) is 0 Å². The Morgan fingerprint density at radius 3 is 2.34 bits per heavy atom. The van der Waals surface area contributed by atoms with Crippen LogP contribution in [0.15, 0.2) is 24.3 Å². The number of esters is 3. The van der Waals surface area contributed by atoms with Crippen molar-refractivity contribution in [3.63, 3.8) is 0 Å². The SMILES string of the molecule is CC(=O)Oc1cc2c3c(c1)-c1c(ccc(OC(C)=O)c1OC(C)=O)CC3NCC2. The van der Waals surface area contributed by atoms with Crippen molar-refractivity contribution < 1.29 is 28.6 Å². The molecule has 1 aliphatic carbocycles. The molecule has 1 N–H and O–H groups in total. The molecule has 7 heteroatoms. The predicted octanol–water partition coefficient (Wildman–Crippen LogP) is 2.87. The molecule has 0 fully saturated rings. The van der Waals surface area contributed by atoms with E-state index < -0.39 is 17.9 Å². The van der Waals surface area contributed by atoms with Crippen LogP contribution in [0.5, 0.6) is 17.2 Å². The molecule has 2 aromatic carbocycles. The monoisotopic (exact) mass is 395 g/mol. The third kappa shape index (κ3) is 3.61. The van der Waals surface area contributed by atoms with Gasteiger partial charge in [-0.05, 0) is 59.8 Å². The fraction of sp³-hybridized carbons (Fsp3) is 0.318. The summed E-state index contributed by atoms with van der Waals surface area (Å²) in [6.45, 7) is 4.76. The quantitative estimate of drug-likeness (QED) is 0.631. The molecule has 0 aromatic heterocycles. The van der Waals surface area contributed by atoms with Crippen molar-refractivity contribution in [3.8, 4) is 28.4 Å². The van der Waals surface area contributed by atoms with Crippen LogP contribution >= 0.6 is 0 Å². The van der Waals surface area contributed by atoms with Gasteiger partial charge in [-0.2, -0.15) is 0 Å². The number of carbonyl (C=O) groups is 3. The molecule has 0 saturated carbocycles. The number of hydrogen-bond donors (Lipinski definition) is 1. The van der Waals surface area contributed by atoms with Crippen molar-refractivity contribution in [1.82, 2.24) is 5.32 Å². The summed E-state index contributed by atoms with van der Waals surface area (Å²) in [6.07, 6.45) is 1.49. The minimum Gasteiger partial charge on any atom is -0.427 e. The van der Waals surface area contributed by atoms with E-state index in [1.54, 1.807) is 12.1 Å². The first-order valence-electron chi connectivity index (χ1n) is 9.45. The van der Waals surface area contributed by atoms with Crippen LogP contribution < -0.4 is 19.5 Å². The molecule has 4 rings (SSSR count). The van der Waals surface area contributed by atoms with E-state index in [4.69, 9.17) is 14.2 Å². The number of nitrogens with one attached hydrogen (secondary N) is 1. The Morgan fingerprint density at radius 2 is 1.66 bits per heavy atom. The van der Waals surface area contributed by atoms with Gasteiger partial charge >= 0.3 is 17.9 Å². The molecule has 1 heterocycles. The Hall–Kier alpha value is -3.19. The molecule has 0 saturated heterocycles. The van der Waals surface area contributed by atoms with Crippen molar-refractivity contribution in [2.45, 2.75) is 39.7 Å². The Bertz CT molecular complexity index is 1040. The highest BCUT2D eigenvalue weighted by atomic mass is 16.6. The van der Waals surface area contributed by atoms with E-state index in [2.05, 4.69) is 5.32 Å². The average Bonchev–Trinajstić information content (AvgIpc) is 2.62. The fourth-order valence-electron chi connectivity index (χ4n) is 4.16. The summed E-state index contributed by atoms with van der Waals surface area (Å²) in [5, 5.41) is 3.52. The lowest BCUT2D eigenvalue weighted by Gasteiger charge is -2.35. The largest absolute Gasteiger partial charge is 0.427 e. The second-order valence-corrected chi connectivity index (χ2v) is 7.21. The number of fused-ring (bicyclic) bond motifs is 2. The van der Waals surface area contributed by atoms with Crippen molar-refractivity contribution in [2.75, 3.05) is 6.54 Å². The van der Waals surface area contributed by atoms with Gasteiger partial charge in [0.25, 0.3) is 0 Å². The number of hydrogen-bond acceptors (Lipinski definition) is 7. The molecule has 0 amide bonds. The summed E-state index contributed by atoms with van der Waals surface area (Å²) in [7, 11) is 0. The van der Waals surface area contributed by atoms with Crippen LogP contribution in [-0.2, 0) is 27.2 Å². The normalized spacial score (nSPS) is 16.3. The molecule has 0 spiro atoms. The van der Waals surface area contributed by atoms with Gasteiger partial charge in [0, 0.05) is 32.4 Å². The van der Waals surface area contributed by atoms with Crippen LogP contribution in [0.4, 0.5) is 0 Å². The molecule has 1 atom stereocenters. The highest BCUT2D eigenvalue weighted by Crippen LogP contribution is 2.50. The first-order chi connectivity index (χ1) is 13.8. The van der Waals surface area contributed by atoms with Crippen molar-refractivity contribution in [1.29, 1.82) is 0 Å². The van der Waals surface area contributed by atoms with E-state index in [0.717, 1.165) is 35.2 Å². The topological polar surface area (TPSA) is 90.9 Å². The summed E-state index contributed by atoms with van der Waals surface area (Å²) in [4.78, 5) is 34.9. The van der Waals surface area contributed by atoms with E-state index in [1.165, 1.54) is 20.8 Å².